The van der Waals surface area contributed by atoms with Crippen LogP contribution in [0.15, 0.2) is 0 Å². The molecule has 0 spiro atoms. The smallest absolute Gasteiger partial charge is 0.328 e. The van der Waals surface area contributed by atoms with Crippen LogP contribution in [0.3, 0.4) is 0 Å². The molecule has 6 heteroatoms. The molecule has 0 aliphatic rings. The van der Waals surface area contributed by atoms with E-state index in [2.05, 4.69) is 5.32 Å². The van der Waals surface area contributed by atoms with Gasteiger partial charge >= 0.3 is 12.0 Å². The monoisotopic (exact) mass is 218 g/mol. The summed E-state index contributed by atoms with van der Waals surface area (Å²) in [6.45, 7) is 4.21. The highest BCUT2D eigenvalue weighted by molar-refractivity contribution is 5.82. The highest BCUT2D eigenvalue weighted by Gasteiger charge is 2.21. The zero-order valence-electron chi connectivity index (χ0n) is 9.06. The van der Waals surface area contributed by atoms with Crippen LogP contribution >= 0.6 is 0 Å². The predicted octanol–water partition coefficient (Wildman–Crippen LogP) is -0.127. The first-order valence-electron chi connectivity index (χ1n) is 4.95. The fourth-order valence-corrected chi connectivity index (χ4v) is 1.10. The molecule has 0 rings (SSSR count). The van der Waals surface area contributed by atoms with E-state index < -0.39 is 24.6 Å². The Morgan fingerprint density at radius 2 is 2.00 bits per heavy atom. The normalized spacial score (nSPS) is 11.9. The summed E-state index contributed by atoms with van der Waals surface area (Å²) in [4.78, 5) is 23.5. The summed E-state index contributed by atoms with van der Waals surface area (Å²) in [5.74, 6) is -1.24. The largest absolute Gasteiger partial charge is 0.480 e. The SMILES string of the molecule is CCCN(CC)C(=O)NC(CO)C(=O)O. The molecule has 15 heavy (non-hydrogen) atoms. The van der Waals surface area contributed by atoms with Crippen molar-refractivity contribution in [1.29, 1.82) is 0 Å². The summed E-state index contributed by atoms with van der Waals surface area (Å²) in [5.41, 5.74) is 0. The van der Waals surface area contributed by atoms with Gasteiger partial charge in [0.15, 0.2) is 6.04 Å². The average Bonchev–Trinajstić information content (AvgIpc) is 2.21. The molecular weight excluding hydrogens is 200 g/mol. The second-order valence-electron chi connectivity index (χ2n) is 3.10. The Morgan fingerprint density at radius 3 is 2.33 bits per heavy atom. The van der Waals surface area contributed by atoms with E-state index in [1.165, 1.54) is 4.90 Å². The number of hydrogen-bond acceptors (Lipinski definition) is 3. The number of nitrogens with one attached hydrogen (secondary N) is 1. The van der Waals surface area contributed by atoms with Gasteiger partial charge in [-0.15, -0.1) is 0 Å². The van der Waals surface area contributed by atoms with Crippen molar-refractivity contribution in [3.8, 4) is 0 Å². The van der Waals surface area contributed by atoms with Gasteiger partial charge in [-0.1, -0.05) is 6.92 Å². The van der Waals surface area contributed by atoms with Gasteiger partial charge in [0.25, 0.3) is 0 Å². The molecule has 1 unspecified atom stereocenters. The minimum atomic E-state index is -1.24. The Bertz CT molecular complexity index is 220. The summed E-state index contributed by atoms with van der Waals surface area (Å²) in [6, 6.07) is -1.69. The topological polar surface area (TPSA) is 89.9 Å². The minimum Gasteiger partial charge on any atom is -0.480 e. The molecule has 0 radical (unpaired) electrons. The maximum atomic E-state index is 11.5. The third-order valence-corrected chi connectivity index (χ3v) is 1.94. The van der Waals surface area contributed by atoms with Gasteiger partial charge in [0.05, 0.1) is 6.61 Å². The van der Waals surface area contributed by atoms with E-state index in [4.69, 9.17) is 10.2 Å². The maximum Gasteiger partial charge on any atom is 0.328 e. The van der Waals surface area contributed by atoms with Gasteiger partial charge in [0.2, 0.25) is 0 Å². The number of aliphatic carboxylic acids is 1. The first-order valence-corrected chi connectivity index (χ1v) is 4.95. The lowest BCUT2D eigenvalue weighted by Crippen LogP contribution is -2.49. The van der Waals surface area contributed by atoms with Crippen molar-refractivity contribution in [3.63, 3.8) is 0 Å². The highest BCUT2D eigenvalue weighted by atomic mass is 16.4. The fourth-order valence-electron chi connectivity index (χ4n) is 1.10. The fraction of sp³-hybridized carbons (Fsp3) is 0.778. The zero-order chi connectivity index (χ0) is 11.8. The molecule has 0 saturated heterocycles. The number of rotatable bonds is 6. The first-order chi connectivity index (χ1) is 7.06. The standard InChI is InChI=1S/C9H18N2O4/c1-3-5-11(4-2)9(15)10-7(6-12)8(13)14/h7,12H,3-6H2,1-2H3,(H,10,15)(H,13,14). The van der Waals surface area contributed by atoms with Crippen LogP contribution < -0.4 is 5.32 Å². The molecule has 0 aromatic heterocycles. The van der Waals surface area contributed by atoms with Crippen LogP contribution in [-0.2, 0) is 4.79 Å². The first kappa shape index (κ1) is 13.7. The summed E-state index contributed by atoms with van der Waals surface area (Å²) in [6.07, 6.45) is 0.804. The molecule has 0 aliphatic carbocycles. The van der Waals surface area contributed by atoms with Gasteiger partial charge in [-0.3, -0.25) is 0 Å². The van der Waals surface area contributed by atoms with Crippen molar-refractivity contribution in [1.82, 2.24) is 10.2 Å². The van der Waals surface area contributed by atoms with E-state index in [1.54, 1.807) is 0 Å². The Hall–Kier alpha value is -1.30. The lowest BCUT2D eigenvalue weighted by atomic mass is 10.3. The van der Waals surface area contributed by atoms with Crippen LogP contribution in [0.5, 0.6) is 0 Å². The van der Waals surface area contributed by atoms with Crippen molar-refractivity contribution < 1.29 is 19.8 Å². The van der Waals surface area contributed by atoms with Crippen LogP contribution in [0.1, 0.15) is 20.3 Å². The Morgan fingerprint density at radius 1 is 1.40 bits per heavy atom. The van der Waals surface area contributed by atoms with Crippen molar-refractivity contribution in [2.24, 2.45) is 0 Å². The summed E-state index contributed by atoms with van der Waals surface area (Å²) in [5, 5.41) is 19.6. The molecule has 0 fully saturated rings. The molecule has 1 atom stereocenters. The summed E-state index contributed by atoms with van der Waals surface area (Å²) >= 11 is 0. The van der Waals surface area contributed by atoms with Crippen LogP contribution in [0, 0.1) is 0 Å². The maximum absolute atomic E-state index is 11.5. The Kier molecular flexibility index (Phi) is 6.44. The number of nitrogens with zero attached hydrogens (tertiary/aromatic N) is 1. The Balaban J connectivity index is 4.24. The van der Waals surface area contributed by atoms with E-state index in [0.717, 1.165) is 6.42 Å². The van der Waals surface area contributed by atoms with Crippen molar-refractivity contribution in [2.75, 3.05) is 19.7 Å². The van der Waals surface area contributed by atoms with Crippen molar-refractivity contribution in [3.05, 3.63) is 0 Å². The van der Waals surface area contributed by atoms with Crippen molar-refractivity contribution >= 4 is 12.0 Å². The molecule has 0 saturated carbocycles. The van der Waals surface area contributed by atoms with Gasteiger partial charge in [0.1, 0.15) is 0 Å². The van der Waals surface area contributed by atoms with E-state index in [-0.39, 0.29) is 0 Å². The van der Waals surface area contributed by atoms with Gasteiger partial charge in [-0.05, 0) is 13.3 Å². The number of carboxylic acid groups (broad SMARTS) is 1. The molecule has 0 aliphatic heterocycles. The molecule has 2 amide bonds. The van der Waals surface area contributed by atoms with E-state index in [1.807, 2.05) is 13.8 Å². The van der Waals surface area contributed by atoms with Crippen LogP contribution in [0.2, 0.25) is 0 Å². The lowest BCUT2D eigenvalue weighted by molar-refractivity contribution is -0.140. The molecule has 0 heterocycles. The summed E-state index contributed by atoms with van der Waals surface area (Å²) < 4.78 is 0. The van der Waals surface area contributed by atoms with Crippen LogP contribution in [-0.4, -0.2) is 52.9 Å². The predicted molar refractivity (Wildman–Crippen MR) is 54.6 cm³/mol. The molecule has 0 aromatic rings. The zero-order valence-corrected chi connectivity index (χ0v) is 9.06. The van der Waals surface area contributed by atoms with Crippen LogP contribution in [0.4, 0.5) is 4.79 Å². The second-order valence-corrected chi connectivity index (χ2v) is 3.10. The number of hydrogen-bond donors (Lipinski definition) is 3. The van der Waals surface area contributed by atoms with E-state index >= 15 is 0 Å². The number of carboxylic acids is 1. The number of urea groups is 1. The molecule has 0 bridgehead atoms. The quantitative estimate of drug-likeness (QED) is 0.579. The van der Waals surface area contributed by atoms with Gasteiger partial charge in [-0.25, -0.2) is 9.59 Å². The average molecular weight is 218 g/mol. The molecule has 0 aromatic carbocycles. The van der Waals surface area contributed by atoms with Gasteiger partial charge in [0, 0.05) is 13.1 Å². The lowest BCUT2D eigenvalue weighted by Gasteiger charge is -2.22. The van der Waals surface area contributed by atoms with Gasteiger partial charge in [-0.2, -0.15) is 0 Å². The number of aliphatic hydroxyl groups is 1. The second kappa shape index (κ2) is 7.05. The number of carbonyl (C=O) groups is 2. The molecule has 3 N–H and O–H groups in total. The molecule has 88 valence electrons. The third-order valence-electron chi connectivity index (χ3n) is 1.94. The number of aliphatic hydroxyl groups excluding tert-OH is 1. The van der Waals surface area contributed by atoms with Gasteiger partial charge < -0.3 is 20.4 Å². The van der Waals surface area contributed by atoms with Crippen LogP contribution in [0.25, 0.3) is 0 Å². The van der Waals surface area contributed by atoms with E-state index in [0.29, 0.717) is 13.1 Å². The minimum absolute atomic E-state index is 0.458. The van der Waals surface area contributed by atoms with Crippen molar-refractivity contribution in [2.45, 2.75) is 26.3 Å². The summed E-state index contributed by atoms with van der Waals surface area (Å²) in [7, 11) is 0. The Labute approximate surface area is 88.9 Å². The molecular formula is C9H18N2O4. The highest BCUT2D eigenvalue weighted by Crippen LogP contribution is 1.93. The van der Waals surface area contributed by atoms with E-state index in [9.17, 15) is 9.59 Å². The number of carbonyl (C=O) groups excluding carboxylic acids is 1. The molecule has 6 nitrogen and oxygen atoms in total. The number of amides is 2. The third kappa shape index (κ3) is 4.64.